The first-order valence-corrected chi connectivity index (χ1v) is 12.4. The number of hydrogen-bond acceptors (Lipinski definition) is 5. The van der Waals surface area contributed by atoms with Crippen LogP contribution in [0.5, 0.6) is 0 Å². The molecule has 0 aliphatic heterocycles. The van der Waals surface area contributed by atoms with Crippen molar-refractivity contribution >= 4 is 29.1 Å². The second-order valence-corrected chi connectivity index (χ2v) is 8.95. The maximum atomic E-state index is 13.6. The van der Waals surface area contributed by atoms with Crippen LogP contribution >= 0.6 is 11.6 Å². The lowest BCUT2D eigenvalue weighted by molar-refractivity contribution is -0.384. The van der Waals surface area contributed by atoms with Crippen LogP contribution in [-0.4, -0.2) is 57.4 Å². The first-order chi connectivity index (χ1) is 17.8. The van der Waals surface area contributed by atoms with Crippen molar-refractivity contribution in [2.75, 3.05) is 26.3 Å². The van der Waals surface area contributed by atoms with Crippen LogP contribution in [0.25, 0.3) is 0 Å². The van der Waals surface area contributed by atoms with Gasteiger partial charge >= 0.3 is 0 Å². The standard InChI is InChI=1S/C27H31ClN4O5/c1-3-37-16-8-15-30(27(34)24-13-12-22(32(35)36)17-25(24)28)20-26(33)31(18-21-9-5-4-6-10-21)19-23-11-7-14-29(23)2/h4-7,9-14,17H,3,8,15-16,18-20H2,1-2H3. The van der Waals surface area contributed by atoms with Crippen LogP contribution in [0.4, 0.5) is 5.69 Å². The molecule has 0 saturated heterocycles. The molecule has 10 heteroatoms. The van der Waals surface area contributed by atoms with Gasteiger partial charge in [-0.2, -0.15) is 0 Å². The maximum Gasteiger partial charge on any atom is 0.270 e. The number of aromatic nitrogens is 1. The lowest BCUT2D eigenvalue weighted by Gasteiger charge is -2.28. The van der Waals surface area contributed by atoms with Gasteiger partial charge in [-0.05, 0) is 37.1 Å². The Kier molecular flexibility index (Phi) is 10.2. The van der Waals surface area contributed by atoms with Crippen molar-refractivity contribution < 1.29 is 19.2 Å². The normalized spacial score (nSPS) is 10.8. The third kappa shape index (κ3) is 7.90. The second-order valence-electron chi connectivity index (χ2n) is 8.54. The number of nitro benzene ring substituents is 1. The monoisotopic (exact) mass is 526 g/mol. The molecule has 0 atom stereocenters. The van der Waals surface area contributed by atoms with E-state index in [0.717, 1.165) is 17.3 Å². The van der Waals surface area contributed by atoms with E-state index in [1.807, 2.05) is 67.2 Å². The molecule has 196 valence electrons. The summed E-state index contributed by atoms with van der Waals surface area (Å²) >= 11 is 6.24. The Morgan fingerprint density at radius 2 is 1.81 bits per heavy atom. The largest absolute Gasteiger partial charge is 0.382 e. The van der Waals surface area contributed by atoms with Crippen LogP contribution in [0.3, 0.4) is 0 Å². The minimum Gasteiger partial charge on any atom is -0.382 e. The van der Waals surface area contributed by atoms with E-state index in [0.29, 0.717) is 32.7 Å². The van der Waals surface area contributed by atoms with E-state index in [1.54, 1.807) is 4.90 Å². The van der Waals surface area contributed by atoms with E-state index >= 15 is 0 Å². The molecule has 1 heterocycles. The van der Waals surface area contributed by atoms with Gasteiger partial charge in [0.25, 0.3) is 11.6 Å². The smallest absolute Gasteiger partial charge is 0.270 e. The molecule has 0 N–H and O–H groups in total. The van der Waals surface area contributed by atoms with Crippen molar-refractivity contribution in [3.05, 3.63) is 98.8 Å². The van der Waals surface area contributed by atoms with E-state index in [-0.39, 0.29) is 35.3 Å². The Morgan fingerprint density at radius 3 is 2.43 bits per heavy atom. The highest BCUT2D eigenvalue weighted by molar-refractivity contribution is 6.34. The Hall–Kier alpha value is -3.69. The number of nitrogens with zero attached hydrogens (tertiary/aromatic N) is 4. The molecule has 0 radical (unpaired) electrons. The first kappa shape index (κ1) is 27.9. The molecular weight excluding hydrogens is 496 g/mol. The zero-order valence-electron chi connectivity index (χ0n) is 21.0. The third-order valence-electron chi connectivity index (χ3n) is 5.90. The second kappa shape index (κ2) is 13.6. The average Bonchev–Trinajstić information content (AvgIpc) is 3.29. The molecule has 2 aromatic carbocycles. The van der Waals surface area contributed by atoms with Crippen LogP contribution in [0.1, 0.15) is 35.0 Å². The van der Waals surface area contributed by atoms with E-state index in [9.17, 15) is 19.7 Å². The molecule has 9 nitrogen and oxygen atoms in total. The van der Waals surface area contributed by atoms with Gasteiger partial charge in [0.2, 0.25) is 5.91 Å². The summed E-state index contributed by atoms with van der Waals surface area (Å²) in [6, 6.07) is 17.2. The van der Waals surface area contributed by atoms with Gasteiger partial charge in [0.05, 0.1) is 22.1 Å². The lowest BCUT2D eigenvalue weighted by atomic mass is 10.1. The van der Waals surface area contributed by atoms with Crippen LogP contribution < -0.4 is 0 Å². The predicted octanol–water partition coefficient (Wildman–Crippen LogP) is 4.68. The van der Waals surface area contributed by atoms with Gasteiger partial charge in [-0.3, -0.25) is 19.7 Å². The van der Waals surface area contributed by atoms with Crippen molar-refractivity contribution in [1.82, 2.24) is 14.4 Å². The summed E-state index contributed by atoms with van der Waals surface area (Å²) in [6.45, 7) is 3.70. The molecule has 1 aromatic heterocycles. The number of nitro groups is 1. The number of non-ortho nitro benzene ring substituents is 1. The number of ether oxygens (including phenoxy) is 1. The molecule has 0 bridgehead atoms. The molecular formula is C27H31ClN4O5. The van der Waals surface area contributed by atoms with Gasteiger partial charge in [0.1, 0.15) is 6.54 Å². The minimum atomic E-state index is -0.575. The van der Waals surface area contributed by atoms with E-state index in [1.165, 1.54) is 17.0 Å². The van der Waals surface area contributed by atoms with Gasteiger partial charge in [-0.1, -0.05) is 41.9 Å². The molecule has 2 amide bonds. The van der Waals surface area contributed by atoms with E-state index in [4.69, 9.17) is 16.3 Å². The predicted molar refractivity (Wildman–Crippen MR) is 141 cm³/mol. The Bertz CT molecular complexity index is 1210. The topological polar surface area (TPSA) is 97.9 Å². The van der Waals surface area contributed by atoms with Crippen LogP contribution in [0.15, 0.2) is 66.9 Å². The van der Waals surface area contributed by atoms with Crippen LogP contribution in [0.2, 0.25) is 5.02 Å². The number of halogens is 1. The van der Waals surface area contributed by atoms with Crippen molar-refractivity contribution in [3.8, 4) is 0 Å². The summed E-state index contributed by atoms with van der Waals surface area (Å²) in [6.07, 6.45) is 2.44. The third-order valence-corrected chi connectivity index (χ3v) is 6.21. The van der Waals surface area contributed by atoms with Gasteiger partial charge in [0, 0.05) is 57.4 Å². The minimum absolute atomic E-state index is 0.0357. The summed E-state index contributed by atoms with van der Waals surface area (Å²) in [5.41, 5.74) is 1.82. The zero-order chi connectivity index (χ0) is 26.8. The average molecular weight is 527 g/mol. The van der Waals surface area contributed by atoms with E-state index in [2.05, 4.69) is 0 Å². The number of carbonyl (C=O) groups excluding carboxylic acids is 2. The number of amides is 2. The molecule has 3 aromatic rings. The van der Waals surface area contributed by atoms with E-state index < -0.39 is 10.8 Å². The number of rotatable bonds is 13. The maximum absolute atomic E-state index is 13.6. The first-order valence-electron chi connectivity index (χ1n) is 12.0. The van der Waals surface area contributed by atoms with Gasteiger partial charge in [-0.15, -0.1) is 0 Å². The van der Waals surface area contributed by atoms with Crippen molar-refractivity contribution in [2.45, 2.75) is 26.4 Å². The van der Waals surface area contributed by atoms with Crippen molar-refractivity contribution in [2.24, 2.45) is 7.05 Å². The van der Waals surface area contributed by atoms with Crippen molar-refractivity contribution in [1.29, 1.82) is 0 Å². The van der Waals surface area contributed by atoms with Crippen LogP contribution in [0, 0.1) is 10.1 Å². The summed E-state index contributed by atoms with van der Waals surface area (Å²) in [5.74, 6) is -0.698. The Balaban J connectivity index is 1.84. The highest BCUT2D eigenvalue weighted by Crippen LogP contribution is 2.24. The summed E-state index contributed by atoms with van der Waals surface area (Å²) in [4.78, 5) is 40.7. The number of aryl methyl sites for hydroxylation is 1. The number of carbonyl (C=O) groups is 2. The number of hydrogen-bond donors (Lipinski definition) is 0. The fraction of sp³-hybridized carbons (Fsp3) is 0.333. The fourth-order valence-corrected chi connectivity index (χ4v) is 4.13. The SMILES string of the molecule is CCOCCCN(CC(=O)N(Cc1ccccc1)Cc1cccn1C)C(=O)c1ccc([N+](=O)[O-])cc1Cl. The van der Waals surface area contributed by atoms with Crippen molar-refractivity contribution in [3.63, 3.8) is 0 Å². The molecule has 0 saturated carbocycles. The summed E-state index contributed by atoms with van der Waals surface area (Å²) < 4.78 is 7.36. The Labute approximate surface area is 221 Å². The molecule has 0 spiro atoms. The van der Waals surface area contributed by atoms with Gasteiger partial charge in [-0.25, -0.2) is 0 Å². The highest BCUT2D eigenvalue weighted by atomic mass is 35.5. The Morgan fingerprint density at radius 1 is 1.05 bits per heavy atom. The quantitative estimate of drug-likeness (QED) is 0.183. The molecule has 0 aliphatic rings. The molecule has 0 unspecified atom stereocenters. The highest BCUT2D eigenvalue weighted by Gasteiger charge is 2.25. The van der Waals surface area contributed by atoms with Gasteiger partial charge < -0.3 is 19.1 Å². The molecule has 3 rings (SSSR count). The molecule has 0 aliphatic carbocycles. The van der Waals surface area contributed by atoms with Gasteiger partial charge in [0.15, 0.2) is 0 Å². The molecule has 0 fully saturated rings. The molecule has 37 heavy (non-hydrogen) atoms. The fourth-order valence-electron chi connectivity index (χ4n) is 3.87. The van der Waals surface area contributed by atoms with Crippen LogP contribution in [-0.2, 0) is 29.7 Å². The summed E-state index contributed by atoms with van der Waals surface area (Å²) in [7, 11) is 1.92. The number of benzene rings is 2. The lowest BCUT2D eigenvalue weighted by Crippen LogP contribution is -2.43. The summed E-state index contributed by atoms with van der Waals surface area (Å²) in [5, 5.41) is 11.0. The zero-order valence-corrected chi connectivity index (χ0v) is 21.8.